The Bertz CT molecular complexity index is 398. The van der Waals surface area contributed by atoms with E-state index in [1.807, 2.05) is 0 Å². The van der Waals surface area contributed by atoms with Gasteiger partial charge in [0, 0.05) is 0 Å². The predicted molar refractivity (Wildman–Crippen MR) is 100 cm³/mol. The minimum atomic E-state index is -0.180. The molecule has 1 rings (SSSR count). The van der Waals surface area contributed by atoms with Gasteiger partial charge in [0.2, 0.25) is 0 Å². The number of esters is 1. The van der Waals surface area contributed by atoms with Crippen molar-refractivity contribution in [1.82, 2.24) is 0 Å². The molecule has 0 saturated carbocycles. The second-order valence-electron chi connectivity index (χ2n) is 6.85. The molecule has 1 saturated heterocycles. The molecule has 0 aromatic rings. The van der Waals surface area contributed by atoms with Crippen molar-refractivity contribution in [3.8, 4) is 0 Å². The van der Waals surface area contributed by atoms with E-state index in [1.165, 1.54) is 51.2 Å². The third-order valence-corrected chi connectivity index (χ3v) is 4.70. The molecule has 0 amide bonds. The smallest absolute Gasteiger partial charge is 0.308 e. The predicted octanol–water partition coefficient (Wildman–Crippen LogP) is 5.74. The van der Waals surface area contributed by atoms with Crippen molar-refractivity contribution in [1.29, 1.82) is 0 Å². The second-order valence-corrected chi connectivity index (χ2v) is 6.85. The summed E-state index contributed by atoms with van der Waals surface area (Å²) in [5, 5.41) is 0. The van der Waals surface area contributed by atoms with Crippen LogP contribution in [0.2, 0.25) is 0 Å². The van der Waals surface area contributed by atoms with Crippen LogP contribution in [0, 0.1) is 0 Å². The summed E-state index contributed by atoms with van der Waals surface area (Å²) in [5.74, 6) is -0.180. The zero-order valence-electron chi connectivity index (χ0n) is 15.9. The summed E-state index contributed by atoms with van der Waals surface area (Å²) < 4.78 is 10.8. The van der Waals surface area contributed by atoms with Crippen molar-refractivity contribution < 1.29 is 14.3 Å². The number of ether oxygens (including phenoxy) is 2. The lowest BCUT2D eigenvalue weighted by atomic mass is 9.97. The van der Waals surface area contributed by atoms with Gasteiger partial charge in [-0.3, -0.25) is 4.79 Å². The van der Waals surface area contributed by atoms with Crippen LogP contribution in [-0.2, 0) is 14.3 Å². The molecular formula is C21H36O3. The lowest BCUT2D eigenvalue weighted by Gasteiger charge is -2.30. The topological polar surface area (TPSA) is 35.5 Å². The first-order valence-corrected chi connectivity index (χ1v) is 9.73. The van der Waals surface area contributed by atoms with E-state index in [0.717, 1.165) is 25.7 Å². The van der Waals surface area contributed by atoms with E-state index in [9.17, 15) is 4.79 Å². The van der Waals surface area contributed by atoms with Crippen molar-refractivity contribution in [3.05, 3.63) is 23.8 Å². The molecule has 0 N–H and O–H groups in total. The summed E-state index contributed by atoms with van der Waals surface area (Å²) >= 11 is 0. The molecule has 24 heavy (non-hydrogen) atoms. The first-order chi connectivity index (χ1) is 11.7. The van der Waals surface area contributed by atoms with Crippen LogP contribution < -0.4 is 0 Å². The molecule has 3 heteroatoms. The van der Waals surface area contributed by atoms with E-state index in [0.29, 0.717) is 6.42 Å². The van der Waals surface area contributed by atoms with Crippen molar-refractivity contribution in [2.75, 3.05) is 7.11 Å². The van der Waals surface area contributed by atoms with E-state index in [2.05, 4.69) is 32.1 Å². The Hall–Kier alpha value is -1.09. The van der Waals surface area contributed by atoms with E-state index in [1.54, 1.807) is 0 Å². The molecule has 138 valence electrons. The highest BCUT2D eigenvalue weighted by atomic mass is 16.5. The molecule has 0 aromatic heterocycles. The number of unbranched alkanes of at least 4 members (excludes halogenated alkanes) is 6. The molecule has 2 atom stereocenters. The Morgan fingerprint density at radius 3 is 2.67 bits per heavy atom. The maximum Gasteiger partial charge on any atom is 0.308 e. The number of carbonyl (C=O) groups is 1. The monoisotopic (exact) mass is 336 g/mol. The van der Waals surface area contributed by atoms with Gasteiger partial charge < -0.3 is 9.47 Å². The first-order valence-electron chi connectivity index (χ1n) is 9.73. The summed E-state index contributed by atoms with van der Waals surface area (Å²) in [4.78, 5) is 11.4. The van der Waals surface area contributed by atoms with Crippen molar-refractivity contribution in [3.63, 3.8) is 0 Å². The van der Waals surface area contributed by atoms with Gasteiger partial charge in [-0.25, -0.2) is 0 Å². The Kier molecular flexibility index (Phi) is 11.5. The number of hydrogen-bond acceptors (Lipinski definition) is 3. The number of carbonyl (C=O) groups excluding carboxylic acids is 1. The Labute approximate surface area is 148 Å². The number of hydrogen-bond donors (Lipinski definition) is 0. The van der Waals surface area contributed by atoms with Gasteiger partial charge in [-0.1, -0.05) is 57.3 Å². The minimum Gasteiger partial charge on any atom is -0.469 e. The van der Waals surface area contributed by atoms with Crippen molar-refractivity contribution in [2.24, 2.45) is 0 Å². The Balaban J connectivity index is 2.24. The van der Waals surface area contributed by atoms with Gasteiger partial charge in [0.05, 0.1) is 25.7 Å². The highest BCUT2D eigenvalue weighted by Crippen LogP contribution is 2.26. The maximum absolute atomic E-state index is 11.4. The zero-order valence-corrected chi connectivity index (χ0v) is 15.9. The third-order valence-electron chi connectivity index (χ3n) is 4.70. The van der Waals surface area contributed by atoms with Crippen LogP contribution in [0.5, 0.6) is 0 Å². The maximum atomic E-state index is 11.4. The van der Waals surface area contributed by atoms with Gasteiger partial charge in [0.15, 0.2) is 0 Å². The Morgan fingerprint density at radius 2 is 1.92 bits per heavy atom. The number of allylic oxidation sites excluding steroid dienone is 3. The highest BCUT2D eigenvalue weighted by Gasteiger charge is 2.25. The van der Waals surface area contributed by atoms with Gasteiger partial charge >= 0.3 is 5.97 Å². The molecule has 1 heterocycles. The lowest BCUT2D eigenvalue weighted by Crippen LogP contribution is -2.30. The summed E-state index contributed by atoms with van der Waals surface area (Å²) in [7, 11) is 1.43. The fraction of sp³-hybridized carbons (Fsp3) is 0.762. The largest absolute Gasteiger partial charge is 0.469 e. The van der Waals surface area contributed by atoms with Crippen LogP contribution in [0.1, 0.15) is 84.5 Å². The molecule has 0 aliphatic carbocycles. The van der Waals surface area contributed by atoms with Crippen LogP contribution in [0.3, 0.4) is 0 Å². The molecule has 3 nitrogen and oxygen atoms in total. The fourth-order valence-corrected chi connectivity index (χ4v) is 3.12. The second kappa shape index (κ2) is 13.2. The van der Waals surface area contributed by atoms with Gasteiger partial charge in [-0.05, 0) is 44.6 Å². The Morgan fingerprint density at radius 1 is 1.17 bits per heavy atom. The average molecular weight is 337 g/mol. The summed E-state index contributed by atoms with van der Waals surface area (Å²) in [6.45, 7) is 4.38. The molecular weight excluding hydrogens is 300 g/mol. The molecule has 1 aliphatic heterocycles. The van der Waals surface area contributed by atoms with E-state index in [4.69, 9.17) is 9.47 Å². The molecule has 1 unspecified atom stereocenters. The zero-order chi connectivity index (χ0) is 17.6. The van der Waals surface area contributed by atoms with Gasteiger partial charge in [-0.15, -0.1) is 0 Å². The van der Waals surface area contributed by atoms with Gasteiger partial charge in [0.25, 0.3) is 0 Å². The molecule has 0 bridgehead atoms. The van der Waals surface area contributed by atoms with E-state index < -0.39 is 0 Å². The van der Waals surface area contributed by atoms with Gasteiger partial charge in [-0.2, -0.15) is 0 Å². The van der Waals surface area contributed by atoms with Crippen LogP contribution in [-0.4, -0.2) is 25.3 Å². The van der Waals surface area contributed by atoms with Crippen molar-refractivity contribution in [2.45, 2.75) is 96.7 Å². The number of methoxy groups -OCH3 is 1. The molecule has 0 aromatic carbocycles. The van der Waals surface area contributed by atoms with Crippen LogP contribution in [0.25, 0.3) is 0 Å². The fourth-order valence-electron chi connectivity index (χ4n) is 3.12. The molecule has 0 spiro atoms. The number of rotatable bonds is 11. The minimum absolute atomic E-state index is 0.00616. The van der Waals surface area contributed by atoms with Crippen LogP contribution >= 0.6 is 0 Å². The van der Waals surface area contributed by atoms with E-state index in [-0.39, 0.29) is 18.2 Å². The van der Waals surface area contributed by atoms with Gasteiger partial charge in [0.1, 0.15) is 0 Å². The summed E-state index contributed by atoms with van der Waals surface area (Å²) in [5.41, 5.74) is 1.25. The average Bonchev–Trinajstić information content (AvgIpc) is 2.60. The summed E-state index contributed by atoms with van der Waals surface area (Å²) in [6.07, 6.45) is 19.4. The van der Waals surface area contributed by atoms with E-state index >= 15 is 0 Å². The first kappa shape index (κ1) is 21.0. The van der Waals surface area contributed by atoms with Crippen molar-refractivity contribution >= 4 is 5.97 Å². The molecule has 0 radical (unpaired) electrons. The molecule has 1 fully saturated rings. The standard InChI is InChI=1S/C21H36O3/c1-4-5-6-7-8-9-10-11-12-14-18(2)20-16-13-15-19(24-20)17-21(22)23-3/h11-12,14,19-20H,4-10,13,15-17H2,1-3H3/b12-11+,18-14+/t19-,20?/m1/s1. The summed E-state index contributed by atoms with van der Waals surface area (Å²) in [6, 6.07) is 0. The molecule has 1 aliphatic rings. The SMILES string of the molecule is CCCCCCCC/C=C/C=C(\C)C1CCC[C@H](CC(=O)OC)O1. The third kappa shape index (κ3) is 9.27. The van der Waals surface area contributed by atoms with Crippen LogP contribution in [0.4, 0.5) is 0 Å². The van der Waals surface area contributed by atoms with Crippen LogP contribution in [0.15, 0.2) is 23.8 Å². The lowest BCUT2D eigenvalue weighted by molar-refractivity contribution is -0.146. The quantitative estimate of drug-likeness (QED) is 0.274. The normalized spacial score (nSPS) is 22.0. The highest BCUT2D eigenvalue weighted by molar-refractivity contribution is 5.69.